The van der Waals surface area contributed by atoms with Gasteiger partial charge in [-0.3, -0.25) is 4.79 Å². The molecular formula is C14H18BrNO2. The Hall–Kier alpha value is -1.03. The first-order valence-corrected chi connectivity index (χ1v) is 7.04. The third-order valence-corrected chi connectivity index (χ3v) is 3.79. The Morgan fingerprint density at radius 2 is 2.28 bits per heavy atom. The smallest absolute Gasteiger partial charge is 0.251 e. The molecule has 0 saturated heterocycles. The van der Waals surface area contributed by atoms with Gasteiger partial charge in [0.25, 0.3) is 5.91 Å². The molecule has 1 N–H and O–H groups in total. The van der Waals surface area contributed by atoms with Gasteiger partial charge in [0.2, 0.25) is 0 Å². The van der Waals surface area contributed by atoms with Crippen LogP contribution >= 0.6 is 15.9 Å². The maximum atomic E-state index is 12.0. The molecule has 1 aromatic carbocycles. The Morgan fingerprint density at radius 3 is 2.83 bits per heavy atom. The number of carbonyl (C=O) groups excluding carboxylic acids is 1. The molecule has 4 heteroatoms. The maximum Gasteiger partial charge on any atom is 0.251 e. The van der Waals surface area contributed by atoms with E-state index in [-0.39, 0.29) is 11.9 Å². The minimum absolute atomic E-state index is 0.0218. The number of methoxy groups -OCH3 is 1. The standard InChI is InChI=1S/C14H18BrNO2/c1-9(7-10-3-4-10)16-14(17)11-5-6-13(18-2)12(15)8-11/h5-6,8-10H,3-4,7H2,1-2H3,(H,16,17). The van der Waals surface area contributed by atoms with Crippen molar-refractivity contribution in [2.45, 2.75) is 32.2 Å². The molecular weight excluding hydrogens is 294 g/mol. The summed E-state index contributed by atoms with van der Waals surface area (Å²) >= 11 is 3.39. The Labute approximate surface area is 116 Å². The molecule has 1 saturated carbocycles. The lowest BCUT2D eigenvalue weighted by atomic mass is 10.1. The predicted molar refractivity (Wildman–Crippen MR) is 75.0 cm³/mol. The van der Waals surface area contributed by atoms with Crippen LogP contribution in [0.5, 0.6) is 5.75 Å². The van der Waals surface area contributed by atoms with Crippen LogP contribution in [-0.4, -0.2) is 19.1 Å². The SMILES string of the molecule is COc1ccc(C(=O)NC(C)CC2CC2)cc1Br. The largest absolute Gasteiger partial charge is 0.496 e. The summed E-state index contributed by atoms with van der Waals surface area (Å²) in [6.07, 6.45) is 3.71. The molecule has 1 unspecified atom stereocenters. The Kier molecular flexibility index (Phi) is 4.27. The lowest BCUT2D eigenvalue weighted by molar-refractivity contribution is 0.0937. The van der Waals surface area contributed by atoms with Crippen molar-refractivity contribution in [2.75, 3.05) is 7.11 Å². The number of nitrogens with one attached hydrogen (secondary N) is 1. The van der Waals surface area contributed by atoms with Crippen LogP contribution in [0.4, 0.5) is 0 Å². The van der Waals surface area contributed by atoms with Crippen LogP contribution in [0.1, 0.15) is 36.5 Å². The second-order valence-electron chi connectivity index (χ2n) is 4.90. The monoisotopic (exact) mass is 311 g/mol. The number of carbonyl (C=O) groups is 1. The average Bonchev–Trinajstić information content (AvgIpc) is 3.12. The minimum atomic E-state index is -0.0218. The van der Waals surface area contributed by atoms with E-state index in [0.717, 1.165) is 22.6 Å². The van der Waals surface area contributed by atoms with Crippen LogP contribution in [0.2, 0.25) is 0 Å². The highest BCUT2D eigenvalue weighted by Crippen LogP contribution is 2.33. The fourth-order valence-electron chi connectivity index (χ4n) is 2.03. The molecule has 0 heterocycles. The molecule has 1 aliphatic carbocycles. The van der Waals surface area contributed by atoms with E-state index in [1.54, 1.807) is 25.3 Å². The normalized spacial score (nSPS) is 16.2. The first kappa shape index (κ1) is 13.4. The molecule has 3 nitrogen and oxygen atoms in total. The summed E-state index contributed by atoms with van der Waals surface area (Å²) in [5, 5.41) is 3.03. The molecule has 0 aliphatic heterocycles. The molecule has 1 aromatic rings. The van der Waals surface area contributed by atoms with E-state index < -0.39 is 0 Å². The fraction of sp³-hybridized carbons (Fsp3) is 0.500. The van der Waals surface area contributed by atoms with Gasteiger partial charge in [0, 0.05) is 11.6 Å². The second-order valence-corrected chi connectivity index (χ2v) is 5.76. The van der Waals surface area contributed by atoms with Crippen molar-refractivity contribution in [3.05, 3.63) is 28.2 Å². The van der Waals surface area contributed by atoms with Crippen LogP contribution in [0.25, 0.3) is 0 Å². The van der Waals surface area contributed by atoms with E-state index in [4.69, 9.17) is 4.74 Å². The van der Waals surface area contributed by atoms with Crippen LogP contribution in [0, 0.1) is 5.92 Å². The summed E-state index contributed by atoms with van der Waals surface area (Å²) in [5.74, 6) is 1.53. The first-order chi connectivity index (χ1) is 8.60. The van der Waals surface area contributed by atoms with Crippen molar-refractivity contribution in [3.8, 4) is 5.75 Å². The Balaban J connectivity index is 1.97. The van der Waals surface area contributed by atoms with Crippen LogP contribution < -0.4 is 10.1 Å². The van der Waals surface area contributed by atoms with Gasteiger partial charge < -0.3 is 10.1 Å². The van der Waals surface area contributed by atoms with E-state index in [1.165, 1.54) is 12.8 Å². The number of benzene rings is 1. The Bertz CT molecular complexity index is 443. The molecule has 1 fully saturated rings. The molecule has 98 valence electrons. The van der Waals surface area contributed by atoms with Gasteiger partial charge in [-0.25, -0.2) is 0 Å². The summed E-state index contributed by atoms with van der Waals surface area (Å²) < 4.78 is 5.94. The summed E-state index contributed by atoms with van der Waals surface area (Å²) in [6.45, 7) is 2.06. The van der Waals surface area contributed by atoms with Gasteiger partial charge in [-0.2, -0.15) is 0 Å². The lowest BCUT2D eigenvalue weighted by Crippen LogP contribution is -2.32. The molecule has 2 rings (SSSR count). The van der Waals surface area contributed by atoms with E-state index >= 15 is 0 Å². The molecule has 0 radical (unpaired) electrons. The van der Waals surface area contributed by atoms with E-state index in [1.807, 2.05) is 0 Å². The van der Waals surface area contributed by atoms with E-state index in [2.05, 4.69) is 28.2 Å². The van der Waals surface area contributed by atoms with E-state index in [9.17, 15) is 4.79 Å². The zero-order chi connectivity index (χ0) is 13.1. The Morgan fingerprint density at radius 1 is 1.56 bits per heavy atom. The van der Waals surface area contributed by atoms with Gasteiger partial charge in [-0.15, -0.1) is 0 Å². The summed E-state index contributed by atoms with van der Waals surface area (Å²) in [5.41, 5.74) is 0.658. The predicted octanol–water partition coefficient (Wildman–Crippen LogP) is 3.38. The second kappa shape index (κ2) is 5.74. The third-order valence-electron chi connectivity index (χ3n) is 3.18. The fourth-order valence-corrected chi connectivity index (χ4v) is 2.57. The summed E-state index contributed by atoms with van der Waals surface area (Å²) in [7, 11) is 1.61. The number of halogens is 1. The van der Waals surface area contributed by atoms with Crippen molar-refractivity contribution in [2.24, 2.45) is 5.92 Å². The van der Waals surface area contributed by atoms with Crippen LogP contribution in [-0.2, 0) is 0 Å². The summed E-state index contributed by atoms with van der Waals surface area (Å²) in [6, 6.07) is 5.61. The molecule has 0 bridgehead atoms. The summed E-state index contributed by atoms with van der Waals surface area (Å²) in [4.78, 5) is 12.0. The highest BCUT2D eigenvalue weighted by Gasteiger charge is 2.24. The quantitative estimate of drug-likeness (QED) is 0.905. The van der Waals surface area contributed by atoms with Crippen molar-refractivity contribution >= 4 is 21.8 Å². The topological polar surface area (TPSA) is 38.3 Å². The van der Waals surface area contributed by atoms with E-state index in [0.29, 0.717) is 5.56 Å². The van der Waals surface area contributed by atoms with Crippen molar-refractivity contribution in [1.82, 2.24) is 5.32 Å². The van der Waals surface area contributed by atoms with Crippen LogP contribution in [0.3, 0.4) is 0 Å². The number of amides is 1. The number of ether oxygens (including phenoxy) is 1. The molecule has 1 aliphatic rings. The average molecular weight is 312 g/mol. The highest BCUT2D eigenvalue weighted by molar-refractivity contribution is 9.10. The maximum absolute atomic E-state index is 12.0. The van der Waals surface area contributed by atoms with Gasteiger partial charge in [-0.05, 0) is 53.4 Å². The molecule has 1 amide bonds. The number of hydrogen-bond donors (Lipinski definition) is 1. The number of rotatable bonds is 5. The van der Waals surface area contributed by atoms with Gasteiger partial charge >= 0.3 is 0 Å². The van der Waals surface area contributed by atoms with Crippen molar-refractivity contribution < 1.29 is 9.53 Å². The zero-order valence-corrected chi connectivity index (χ0v) is 12.3. The lowest BCUT2D eigenvalue weighted by Gasteiger charge is -2.14. The first-order valence-electron chi connectivity index (χ1n) is 6.24. The van der Waals surface area contributed by atoms with Gasteiger partial charge in [-0.1, -0.05) is 12.8 Å². The molecule has 0 aromatic heterocycles. The van der Waals surface area contributed by atoms with Crippen molar-refractivity contribution in [3.63, 3.8) is 0 Å². The van der Waals surface area contributed by atoms with Gasteiger partial charge in [0.1, 0.15) is 5.75 Å². The van der Waals surface area contributed by atoms with Gasteiger partial charge in [0.05, 0.1) is 11.6 Å². The van der Waals surface area contributed by atoms with Crippen LogP contribution in [0.15, 0.2) is 22.7 Å². The molecule has 0 spiro atoms. The number of hydrogen-bond acceptors (Lipinski definition) is 2. The highest BCUT2D eigenvalue weighted by atomic mass is 79.9. The van der Waals surface area contributed by atoms with Gasteiger partial charge in [0.15, 0.2) is 0 Å². The zero-order valence-electron chi connectivity index (χ0n) is 10.7. The molecule has 18 heavy (non-hydrogen) atoms. The third kappa shape index (κ3) is 3.48. The molecule has 1 atom stereocenters. The minimum Gasteiger partial charge on any atom is -0.496 e. The van der Waals surface area contributed by atoms with Crippen molar-refractivity contribution in [1.29, 1.82) is 0 Å².